The molecule has 2 heteroatoms. The highest BCUT2D eigenvalue weighted by Gasteiger charge is 2.13. The summed E-state index contributed by atoms with van der Waals surface area (Å²) >= 11 is 0. The number of nitrogens with one attached hydrogen (secondary N) is 1. The maximum Gasteiger partial charge on any atom is 0.123 e. The van der Waals surface area contributed by atoms with Crippen LogP contribution in [0.25, 0.3) is 0 Å². The Hall–Kier alpha value is -1.67. The van der Waals surface area contributed by atoms with Crippen molar-refractivity contribution in [1.82, 2.24) is 5.32 Å². The Kier molecular flexibility index (Phi) is 5.94. The number of benzene rings is 2. The van der Waals surface area contributed by atoms with E-state index in [9.17, 15) is 4.39 Å². The second-order valence-corrected chi connectivity index (χ2v) is 5.49. The summed E-state index contributed by atoms with van der Waals surface area (Å²) in [6.45, 7) is 5.04. The summed E-state index contributed by atoms with van der Waals surface area (Å²) in [5.74, 6) is -0.151. The second kappa shape index (κ2) is 7.94. The summed E-state index contributed by atoms with van der Waals surface area (Å²) in [7, 11) is 0. The molecule has 0 saturated carbocycles. The summed E-state index contributed by atoms with van der Waals surface area (Å²) in [5, 5.41) is 3.49. The summed E-state index contributed by atoms with van der Waals surface area (Å²) in [6.07, 6.45) is 3.18. The molecular weight excluding hydrogens is 261 g/mol. The van der Waals surface area contributed by atoms with Gasteiger partial charge in [0.25, 0.3) is 0 Å². The Balaban J connectivity index is 2.00. The number of halogens is 1. The molecule has 2 rings (SSSR count). The minimum atomic E-state index is -0.151. The first-order chi connectivity index (χ1) is 10.2. The van der Waals surface area contributed by atoms with Crippen LogP contribution in [0, 0.1) is 12.7 Å². The third kappa shape index (κ3) is 4.68. The molecule has 1 atom stereocenters. The lowest BCUT2D eigenvalue weighted by atomic mass is 9.95. The lowest BCUT2D eigenvalue weighted by Gasteiger charge is -2.20. The molecule has 0 heterocycles. The standard InChI is InChI=1S/C19H24FN/c1-3-21-19(18-14-17(20)13-12-15(18)2)11-7-10-16-8-5-4-6-9-16/h4-6,8-9,12-14,19,21H,3,7,10-11H2,1-2H3. The normalized spacial score (nSPS) is 12.3. The Labute approximate surface area is 127 Å². The van der Waals surface area contributed by atoms with Crippen LogP contribution < -0.4 is 5.32 Å². The Morgan fingerprint density at radius 2 is 1.86 bits per heavy atom. The van der Waals surface area contributed by atoms with Crippen LogP contribution in [-0.2, 0) is 6.42 Å². The molecule has 0 spiro atoms. The first kappa shape index (κ1) is 15.7. The number of hydrogen-bond donors (Lipinski definition) is 1. The van der Waals surface area contributed by atoms with Crippen LogP contribution in [0.4, 0.5) is 4.39 Å². The average molecular weight is 285 g/mol. The average Bonchev–Trinajstić information content (AvgIpc) is 2.50. The highest BCUT2D eigenvalue weighted by Crippen LogP contribution is 2.24. The topological polar surface area (TPSA) is 12.0 Å². The maximum absolute atomic E-state index is 13.5. The van der Waals surface area contributed by atoms with Gasteiger partial charge < -0.3 is 5.32 Å². The molecule has 112 valence electrons. The summed E-state index contributed by atoms with van der Waals surface area (Å²) in [6, 6.07) is 15.8. The van der Waals surface area contributed by atoms with Crippen LogP contribution in [0.15, 0.2) is 48.5 Å². The minimum absolute atomic E-state index is 0.151. The van der Waals surface area contributed by atoms with E-state index in [2.05, 4.69) is 43.4 Å². The van der Waals surface area contributed by atoms with Gasteiger partial charge in [0.15, 0.2) is 0 Å². The number of rotatable bonds is 7. The van der Waals surface area contributed by atoms with Crippen molar-refractivity contribution in [2.24, 2.45) is 0 Å². The predicted molar refractivity (Wildman–Crippen MR) is 86.9 cm³/mol. The molecular formula is C19H24FN. The van der Waals surface area contributed by atoms with Crippen molar-refractivity contribution in [2.75, 3.05) is 6.54 Å². The smallest absolute Gasteiger partial charge is 0.123 e. The van der Waals surface area contributed by atoms with Gasteiger partial charge in [0, 0.05) is 6.04 Å². The highest BCUT2D eigenvalue weighted by molar-refractivity contribution is 5.29. The van der Waals surface area contributed by atoms with Gasteiger partial charge >= 0.3 is 0 Å². The van der Waals surface area contributed by atoms with Crippen molar-refractivity contribution in [3.8, 4) is 0 Å². The highest BCUT2D eigenvalue weighted by atomic mass is 19.1. The Bertz CT molecular complexity index is 551. The molecule has 0 amide bonds. The summed E-state index contributed by atoms with van der Waals surface area (Å²) in [5.41, 5.74) is 3.61. The molecule has 2 aromatic rings. The summed E-state index contributed by atoms with van der Waals surface area (Å²) < 4.78 is 13.5. The van der Waals surface area contributed by atoms with E-state index in [0.29, 0.717) is 0 Å². The third-order valence-electron chi connectivity index (χ3n) is 3.87. The Morgan fingerprint density at radius 3 is 2.57 bits per heavy atom. The van der Waals surface area contributed by atoms with Crippen molar-refractivity contribution >= 4 is 0 Å². The first-order valence-corrected chi connectivity index (χ1v) is 7.74. The van der Waals surface area contributed by atoms with E-state index in [-0.39, 0.29) is 11.9 Å². The fraction of sp³-hybridized carbons (Fsp3) is 0.368. The predicted octanol–water partition coefficient (Wildman–Crippen LogP) is 4.81. The van der Waals surface area contributed by atoms with Crippen LogP contribution in [0.1, 0.15) is 42.5 Å². The van der Waals surface area contributed by atoms with E-state index in [1.54, 1.807) is 6.07 Å². The van der Waals surface area contributed by atoms with Gasteiger partial charge in [0.1, 0.15) is 5.82 Å². The molecule has 0 aliphatic rings. The van der Waals surface area contributed by atoms with Gasteiger partial charge in [0.2, 0.25) is 0 Å². The van der Waals surface area contributed by atoms with E-state index >= 15 is 0 Å². The molecule has 0 saturated heterocycles. The van der Waals surface area contributed by atoms with E-state index < -0.39 is 0 Å². The van der Waals surface area contributed by atoms with E-state index in [4.69, 9.17) is 0 Å². The van der Waals surface area contributed by atoms with E-state index in [0.717, 1.165) is 36.9 Å². The van der Waals surface area contributed by atoms with Crippen LogP contribution in [0.3, 0.4) is 0 Å². The monoisotopic (exact) mass is 285 g/mol. The molecule has 0 radical (unpaired) electrons. The van der Waals surface area contributed by atoms with Gasteiger partial charge in [-0.3, -0.25) is 0 Å². The molecule has 0 fully saturated rings. The van der Waals surface area contributed by atoms with Crippen molar-refractivity contribution in [3.05, 3.63) is 71.0 Å². The van der Waals surface area contributed by atoms with Gasteiger partial charge in [-0.25, -0.2) is 4.39 Å². The first-order valence-electron chi connectivity index (χ1n) is 7.74. The largest absolute Gasteiger partial charge is 0.310 e. The molecule has 1 unspecified atom stereocenters. The van der Waals surface area contributed by atoms with E-state index in [1.165, 1.54) is 11.6 Å². The van der Waals surface area contributed by atoms with Crippen molar-refractivity contribution in [1.29, 1.82) is 0 Å². The molecule has 21 heavy (non-hydrogen) atoms. The van der Waals surface area contributed by atoms with Crippen molar-refractivity contribution in [3.63, 3.8) is 0 Å². The second-order valence-electron chi connectivity index (χ2n) is 5.49. The fourth-order valence-electron chi connectivity index (χ4n) is 2.76. The molecule has 0 aliphatic carbocycles. The van der Waals surface area contributed by atoms with Crippen LogP contribution in [-0.4, -0.2) is 6.54 Å². The molecule has 1 N–H and O–H groups in total. The SMILES string of the molecule is CCNC(CCCc1ccccc1)c1cc(F)ccc1C. The number of hydrogen-bond acceptors (Lipinski definition) is 1. The maximum atomic E-state index is 13.5. The van der Waals surface area contributed by atoms with Gasteiger partial charge in [-0.2, -0.15) is 0 Å². The molecule has 0 bridgehead atoms. The zero-order valence-electron chi connectivity index (χ0n) is 12.9. The quantitative estimate of drug-likeness (QED) is 0.770. The number of aryl methyl sites for hydroxylation is 2. The lowest BCUT2D eigenvalue weighted by Crippen LogP contribution is -2.22. The zero-order chi connectivity index (χ0) is 15.1. The van der Waals surface area contributed by atoms with Crippen molar-refractivity contribution in [2.45, 2.75) is 39.2 Å². The van der Waals surface area contributed by atoms with Gasteiger partial charge in [-0.15, -0.1) is 0 Å². The van der Waals surface area contributed by atoms with Gasteiger partial charge in [-0.1, -0.05) is 43.3 Å². The van der Waals surface area contributed by atoms with E-state index in [1.807, 2.05) is 12.1 Å². The molecule has 0 aromatic heterocycles. The van der Waals surface area contributed by atoms with Crippen LogP contribution in [0.5, 0.6) is 0 Å². The van der Waals surface area contributed by atoms with Gasteiger partial charge in [-0.05, 0) is 61.6 Å². The fourth-order valence-corrected chi connectivity index (χ4v) is 2.76. The minimum Gasteiger partial charge on any atom is -0.310 e. The zero-order valence-corrected chi connectivity index (χ0v) is 12.9. The molecule has 1 nitrogen and oxygen atoms in total. The molecule has 2 aromatic carbocycles. The van der Waals surface area contributed by atoms with Gasteiger partial charge in [0.05, 0.1) is 0 Å². The lowest BCUT2D eigenvalue weighted by molar-refractivity contribution is 0.492. The third-order valence-corrected chi connectivity index (χ3v) is 3.87. The Morgan fingerprint density at radius 1 is 1.10 bits per heavy atom. The molecule has 0 aliphatic heterocycles. The van der Waals surface area contributed by atoms with Crippen LogP contribution in [0.2, 0.25) is 0 Å². The summed E-state index contributed by atoms with van der Waals surface area (Å²) in [4.78, 5) is 0. The van der Waals surface area contributed by atoms with Crippen LogP contribution >= 0.6 is 0 Å². The van der Waals surface area contributed by atoms with Crippen molar-refractivity contribution < 1.29 is 4.39 Å².